The van der Waals surface area contributed by atoms with Crippen molar-refractivity contribution in [3.63, 3.8) is 0 Å². The predicted molar refractivity (Wildman–Crippen MR) is 59.2 cm³/mol. The molecule has 2 N–H and O–H groups in total. The Labute approximate surface area is 94.8 Å². The van der Waals surface area contributed by atoms with E-state index in [4.69, 9.17) is 19.8 Å². The van der Waals surface area contributed by atoms with E-state index >= 15 is 0 Å². The third kappa shape index (κ3) is 18.2. The molecule has 0 aliphatic carbocycles. The summed E-state index contributed by atoms with van der Waals surface area (Å²) in [6.45, 7) is 3.75. The smallest absolute Gasteiger partial charge is 0.414 e. The fourth-order valence-electron chi connectivity index (χ4n) is 0.761. The second-order valence-electron chi connectivity index (χ2n) is 3.12. The van der Waals surface area contributed by atoms with Gasteiger partial charge in [-0.1, -0.05) is 25.8 Å². The second-order valence-corrected chi connectivity index (χ2v) is 3.12. The molecule has 0 amide bonds. The number of carbonyl (C=O) groups excluding carboxylic acids is 1. The number of aliphatic carboxylic acids is 2. The molecule has 16 heavy (non-hydrogen) atoms. The number of ketones is 1. The van der Waals surface area contributed by atoms with Crippen molar-refractivity contribution in [2.45, 2.75) is 39.5 Å². The Hall–Kier alpha value is -1.65. The van der Waals surface area contributed by atoms with Crippen LogP contribution in [0.2, 0.25) is 0 Å². The van der Waals surface area contributed by atoms with E-state index < -0.39 is 11.9 Å². The molecule has 0 atom stereocenters. The summed E-state index contributed by atoms with van der Waals surface area (Å²) in [6.07, 6.45) is 8.37. The van der Waals surface area contributed by atoms with Gasteiger partial charge in [-0.2, -0.15) is 0 Å². The maximum atomic E-state index is 10.4. The third-order valence-corrected chi connectivity index (χ3v) is 1.51. The van der Waals surface area contributed by atoms with Crippen LogP contribution in [0.3, 0.4) is 0 Å². The summed E-state index contributed by atoms with van der Waals surface area (Å²) < 4.78 is 0. The van der Waals surface area contributed by atoms with Crippen LogP contribution in [-0.4, -0.2) is 27.9 Å². The Bertz CT molecular complexity index is 243. The largest absolute Gasteiger partial charge is 0.473 e. The standard InChI is InChI=1S/C9H16O.C2H2O4/c1-3-4-5-6-7-8-9(2)10;3-1(4)2(5)6/h7-8H,3-6H2,1-2H3;(H,3,4)(H,5,6). The van der Waals surface area contributed by atoms with Gasteiger partial charge < -0.3 is 10.2 Å². The number of allylic oxidation sites excluding steroid dienone is 2. The summed E-state index contributed by atoms with van der Waals surface area (Å²) in [4.78, 5) is 28.6. The highest BCUT2D eigenvalue weighted by atomic mass is 16.4. The molecule has 0 aliphatic heterocycles. The maximum absolute atomic E-state index is 10.4. The minimum Gasteiger partial charge on any atom is -0.473 e. The van der Waals surface area contributed by atoms with Crippen molar-refractivity contribution in [3.8, 4) is 0 Å². The van der Waals surface area contributed by atoms with Crippen molar-refractivity contribution in [2.24, 2.45) is 0 Å². The number of rotatable bonds is 5. The van der Waals surface area contributed by atoms with Gasteiger partial charge in [0.05, 0.1) is 0 Å². The van der Waals surface area contributed by atoms with E-state index in [0.717, 1.165) is 6.42 Å². The van der Waals surface area contributed by atoms with Crippen molar-refractivity contribution >= 4 is 17.7 Å². The Morgan fingerprint density at radius 3 is 1.88 bits per heavy atom. The Kier molecular flexibility index (Phi) is 12.0. The van der Waals surface area contributed by atoms with Crippen molar-refractivity contribution in [1.29, 1.82) is 0 Å². The van der Waals surface area contributed by atoms with Gasteiger partial charge in [-0.25, -0.2) is 9.59 Å². The van der Waals surface area contributed by atoms with Gasteiger partial charge in [0.25, 0.3) is 0 Å². The van der Waals surface area contributed by atoms with Crippen LogP contribution in [0.15, 0.2) is 12.2 Å². The lowest BCUT2D eigenvalue weighted by atomic mass is 10.2. The molecule has 0 heterocycles. The quantitative estimate of drug-likeness (QED) is 0.427. The summed E-state index contributed by atoms with van der Waals surface area (Å²) in [7, 11) is 0. The summed E-state index contributed by atoms with van der Waals surface area (Å²) in [5.74, 6) is -3.50. The highest BCUT2D eigenvalue weighted by Crippen LogP contribution is 1.99. The minimum absolute atomic E-state index is 0.150. The topological polar surface area (TPSA) is 91.7 Å². The van der Waals surface area contributed by atoms with Gasteiger partial charge in [0.2, 0.25) is 0 Å². The first-order valence-corrected chi connectivity index (χ1v) is 5.05. The fraction of sp³-hybridized carbons (Fsp3) is 0.545. The summed E-state index contributed by atoms with van der Waals surface area (Å²) >= 11 is 0. The zero-order chi connectivity index (χ0) is 13.0. The lowest BCUT2D eigenvalue weighted by Crippen LogP contribution is -2.09. The Morgan fingerprint density at radius 1 is 1.06 bits per heavy atom. The molecule has 0 unspecified atom stereocenters. The van der Waals surface area contributed by atoms with Crippen LogP contribution in [0.1, 0.15) is 39.5 Å². The van der Waals surface area contributed by atoms with Gasteiger partial charge in [0.1, 0.15) is 0 Å². The second kappa shape index (κ2) is 11.4. The zero-order valence-corrected chi connectivity index (χ0v) is 9.60. The van der Waals surface area contributed by atoms with Crippen molar-refractivity contribution in [3.05, 3.63) is 12.2 Å². The van der Waals surface area contributed by atoms with Gasteiger partial charge >= 0.3 is 11.9 Å². The predicted octanol–water partition coefficient (Wildman–Crippen LogP) is 1.87. The van der Waals surface area contributed by atoms with E-state index in [1.54, 1.807) is 13.0 Å². The van der Waals surface area contributed by atoms with Crippen LogP contribution in [0.5, 0.6) is 0 Å². The van der Waals surface area contributed by atoms with E-state index in [9.17, 15) is 4.79 Å². The Morgan fingerprint density at radius 2 is 1.56 bits per heavy atom. The van der Waals surface area contributed by atoms with Crippen LogP contribution in [-0.2, 0) is 14.4 Å². The molecular formula is C11H18O5. The van der Waals surface area contributed by atoms with E-state index in [-0.39, 0.29) is 5.78 Å². The van der Waals surface area contributed by atoms with Crippen LogP contribution in [0, 0.1) is 0 Å². The van der Waals surface area contributed by atoms with Gasteiger partial charge in [-0.3, -0.25) is 4.79 Å². The fourth-order valence-corrected chi connectivity index (χ4v) is 0.761. The summed E-state index contributed by atoms with van der Waals surface area (Å²) in [5.41, 5.74) is 0. The highest BCUT2D eigenvalue weighted by molar-refractivity contribution is 6.27. The SMILES string of the molecule is CCCCCC=CC(C)=O.O=C(O)C(=O)O. The molecule has 92 valence electrons. The first-order valence-electron chi connectivity index (χ1n) is 5.05. The molecular weight excluding hydrogens is 212 g/mol. The molecule has 0 fully saturated rings. The van der Waals surface area contributed by atoms with Gasteiger partial charge in [0.15, 0.2) is 5.78 Å². The average Bonchev–Trinajstić information content (AvgIpc) is 2.18. The maximum Gasteiger partial charge on any atom is 0.414 e. The number of unbranched alkanes of at least 4 members (excludes halogenated alkanes) is 3. The van der Waals surface area contributed by atoms with Crippen LogP contribution in [0.25, 0.3) is 0 Å². The Balaban J connectivity index is 0. The molecule has 0 rings (SSSR count). The summed E-state index contributed by atoms with van der Waals surface area (Å²) in [6, 6.07) is 0. The van der Waals surface area contributed by atoms with E-state index in [0.29, 0.717) is 0 Å². The molecule has 0 bridgehead atoms. The lowest BCUT2D eigenvalue weighted by Gasteiger charge is -1.89. The van der Waals surface area contributed by atoms with E-state index in [1.165, 1.54) is 19.3 Å². The molecule has 5 nitrogen and oxygen atoms in total. The molecule has 0 radical (unpaired) electrons. The number of hydrogen-bond donors (Lipinski definition) is 2. The normalized spacial score (nSPS) is 9.38. The lowest BCUT2D eigenvalue weighted by molar-refractivity contribution is -0.159. The number of hydrogen-bond acceptors (Lipinski definition) is 3. The third-order valence-electron chi connectivity index (χ3n) is 1.51. The first-order chi connectivity index (χ1) is 7.41. The van der Waals surface area contributed by atoms with Crippen molar-refractivity contribution in [1.82, 2.24) is 0 Å². The average molecular weight is 230 g/mol. The molecule has 0 saturated heterocycles. The van der Waals surface area contributed by atoms with E-state index in [2.05, 4.69) is 6.92 Å². The minimum atomic E-state index is -1.82. The molecule has 0 aromatic rings. The van der Waals surface area contributed by atoms with Crippen molar-refractivity contribution < 1.29 is 24.6 Å². The van der Waals surface area contributed by atoms with Crippen LogP contribution >= 0.6 is 0 Å². The molecule has 0 aliphatic rings. The molecule has 0 saturated carbocycles. The van der Waals surface area contributed by atoms with Gasteiger partial charge in [-0.05, 0) is 25.8 Å². The zero-order valence-electron chi connectivity index (χ0n) is 9.60. The molecule has 0 aromatic carbocycles. The number of carboxylic acid groups (broad SMARTS) is 2. The van der Waals surface area contributed by atoms with Crippen LogP contribution in [0.4, 0.5) is 0 Å². The number of carbonyl (C=O) groups is 3. The monoisotopic (exact) mass is 230 g/mol. The van der Waals surface area contributed by atoms with Gasteiger partial charge in [-0.15, -0.1) is 0 Å². The molecule has 0 spiro atoms. The highest BCUT2D eigenvalue weighted by Gasteiger charge is 2.04. The number of carboxylic acids is 2. The molecule has 5 heteroatoms. The van der Waals surface area contributed by atoms with E-state index in [1.807, 2.05) is 6.08 Å². The first kappa shape index (κ1) is 16.8. The molecule has 0 aromatic heterocycles. The van der Waals surface area contributed by atoms with Crippen LogP contribution < -0.4 is 0 Å². The summed E-state index contributed by atoms with van der Waals surface area (Å²) in [5, 5.41) is 14.8. The van der Waals surface area contributed by atoms with Crippen molar-refractivity contribution in [2.75, 3.05) is 0 Å². The van der Waals surface area contributed by atoms with Gasteiger partial charge in [0, 0.05) is 0 Å².